The number of halogens is 1. The quantitative estimate of drug-likeness (QED) is 0.645. The van der Waals surface area contributed by atoms with Gasteiger partial charge in [-0.3, -0.25) is 0 Å². The molecule has 0 aliphatic heterocycles. The topological polar surface area (TPSA) is 83.0 Å². The van der Waals surface area contributed by atoms with Gasteiger partial charge in [-0.2, -0.15) is 4.91 Å². The van der Waals surface area contributed by atoms with Gasteiger partial charge in [-0.25, -0.2) is 14.4 Å². The molecule has 2 heterocycles. The number of aryl methyl sites for hydroxylation is 2. The summed E-state index contributed by atoms with van der Waals surface area (Å²) < 4.78 is 13.7. The van der Waals surface area contributed by atoms with Crippen LogP contribution in [-0.2, 0) is 0 Å². The number of aromatic nitrogens is 3. The molecule has 1 aromatic carbocycles. The van der Waals surface area contributed by atoms with E-state index in [1.165, 1.54) is 12.1 Å². The third-order valence-corrected chi connectivity index (χ3v) is 5.42. The first-order valence-electron chi connectivity index (χ1n) is 9.27. The third kappa shape index (κ3) is 3.41. The third-order valence-electron chi connectivity index (χ3n) is 5.42. The summed E-state index contributed by atoms with van der Waals surface area (Å²) in [6.07, 6.45) is 3.33. The molecule has 1 aliphatic carbocycles. The van der Waals surface area contributed by atoms with E-state index in [0.717, 1.165) is 53.8 Å². The number of anilines is 1. The van der Waals surface area contributed by atoms with Crippen LogP contribution in [0.2, 0.25) is 0 Å². The van der Waals surface area contributed by atoms with Gasteiger partial charge in [0.1, 0.15) is 17.3 Å². The summed E-state index contributed by atoms with van der Waals surface area (Å²) in [7, 11) is 0. The summed E-state index contributed by atoms with van der Waals surface area (Å²) in [5, 5.41) is 7.67. The van der Waals surface area contributed by atoms with E-state index in [4.69, 9.17) is 4.98 Å². The molecule has 7 heteroatoms. The summed E-state index contributed by atoms with van der Waals surface area (Å²) >= 11 is 0. The number of H-pyrrole nitrogens is 1. The minimum absolute atomic E-state index is 0.0763. The molecule has 1 fully saturated rings. The maximum Gasteiger partial charge on any atom is 0.164 e. The highest BCUT2D eigenvalue weighted by molar-refractivity contribution is 5.92. The Labute approximate surface area is 156 Å². The van der Waals surface area contributed by atoms with Crippen molar-refractivity contribution in [2.45, 2.75) is 51.6 Å². The second kappa shape index (κ2) is 7.06. The molecule has 0 amide bonds. The number of nitrogens with zero attached hydrogens (tertiary/aromatic N) is 3. The number of rotatable bonds is 4. The molecule has 0 spiro atoms. The van der Waals surface area contributed by atoms with Crippen LogP contribution in [0.4, 0.5) is 10.2 Å². The first-order valence-corrected chi connectivity index (χ1v) is 9.27. The van der Waals surface area contributed by atoms with Crippen LogP contribution >= 0.6 is 0 Å². The fourth-order valence-corrected chi connectivity index (χ4v) is 3.75. The molecule has 2 aromatic heterocycles. The Bertz CT molecular complexity index is 991. The Morgan fingerprint density at radius 3 is 2.67 bits per heavy atom. The zero-order chi connectivity index (χ0) is 19.0. The Morgan fingerprint density at radius 1 is 1.19 bits per heavy atom. The molecule has 0 atom stereocenters. The molecule has 140 valence electrons. The van der Waals surface area contributed by atoms with Crippen molar-refractivity contribution in [1.82, 2.24) is 15.0 Å². The smallest absolute Gasteiger partial charge is 0.164 e. The Balaban J connectivity index is 1.74. The molecule has 2 N–H and O–H groups in total. The fourth-order valence-electron chi connectivity index (χ4n) is 3.75. The maximum atomic E-state index is 13.7. The monoisotopic (exact) mass is 367 g/mol. The van der Waals surface area contributed by atoms with E-state index in [9.17, 15) is 9.30 Å². The minimum Gasteiger partial charge on any atom is -0.367 e. The molecule has 0 saturated heterocycles. The van der Waals surface area contributed by atoms with Crippen molar-refractivity contribution in [2.75, 3.05) is 5.32 Å². The zero-order valence-corrected chi connectivity index (χ0v) is 15.4. The van der Waals surface area contributed by atoms with E-state index >= 15 is 0 Å². The normalized spacial score (nSPS) is 20.0. The van der Waals surface area contributed by atoms with Gasteiger partial charge >= 0.3 is 0 Å². The molecule has 27 heavy (non-hydrogen) atoms. The molecule has 0 radical (unpaired) electrons. The van der Waals surface area contributed by atoms with Crippen LogP contribution in [0.1, 0.15) is 36.9 Å². The van der Waals surface area contributed by atoms with Crippen LogP contribution in [0.5, 0.6) is 0 Å². The predicted octanol–water partition coefficient (Wildman–Crippen LogP) is 4.87. The van der Waals surface area contributed by atoms with Crippen LogP contribution in [-0.4, -0.2) is 27.0 Å². The van der Waals surface area contributed by atoms with Crippen LogP contribution in [0, 0.1) is 24.6 Å². The number of hydrogen-bond acceptors (Lipinski definition) is 5. The molecule has 1 aliphatic rings. The second-order valence-corrected chi connectivity index (χ2v) is 7.26. The molecule has 6 nitrogen and oxygen atoms in total. The molecule has 0 unspecified atom stereocenters. The van der Waals surface area contributed by atoms with Gasteiger partial charge in [0, 0.05) is 17.3 Å². The Morgan fingerprint density at radius 2 is 1.96 bits per heavy atom. The van der Waals surface area contributed by atoms with Gasteiger partial charge in [0.25, 0.3) is 0 Å². The number of benzene rings is 1. The zero-order valence-electron chi connectivity index (χ0n) is 15.4. The van der Waals surface area contributed by atoms with Gasteiger partial charge in [-0.15, -0.1) is 0 Å². The number of fused-ring (bicyclic) bond motifs is 1. The van der Waals surface area contributed by atoms with Crippen molar-refractivity contribution in [2.24, 2.45) is 5.18 Å². The van der Waals surface area contributed by atoms with Gasteiger partial charge in [0.15, 0.2) is 5.82 Å². The molecule has 4 rings (SSSR count). The Kier molecular flexibility index (Phi) is 4.59. The van der Waals surface area contributed by atoms with Gasteiger partial charge in [-0.1, -0.05) is 17.3 Å². The first kappa shape index (κ1) is 17.6. The summed E-state index contributed by atoms with van der Waals surface area (Å²) in [6.45, 7) is 4.04. The molecular formula is C20H22FN5O. The van der Waals surface area contributed by atoms with Crippen LogP contribution in [0.3, 0.4) is 0 Å². The standard InChI is InChI=1S/C20H22FN5O/c1-11-12(2)22-19-17(11)20(23-15-6-8-16(26-27)9-7-15)25-18(24-19)13-4-3-5-14(21)10-13/h3-5,10,15-16H,6-9H2,1-2H3,(H2,22,23,24,25). The van der Waals surface area contributed by atoms with E-state index < -0.39 is 0 Å². The summed E-state index contributed by atoms with van der Waals surface area (Å²) in [6, 6.07) is 6.46. The highest BCUT2D eigenvalue weighted by atomic mass is 19.1. The summed E-state index contributed by atoms with van der Waals surface area (Å²) in [5.41, 5.74) is 3.51. The average Bonchev–Trinajstić information content (AvgIpc) is 2.96. The highest BCUT2D eigenvalue weighted by Crippen LogP contribution is 2.32. The number of nitroso groups, excluding NO2 is 1. The van der Waals surface area contributed by atoms with Crippen molar-refractivity contribution in [3.63, 3.8) is 0 Å². The van der Waals surface area contributed by atoms with Crippen molar-refractivity contribution in [3.8, 4) is 11.4 Å². The Hall–Kier alpha value is -2.83. The lowest BCUT2D eigenvalue weighted by Crippen LogP contribution is -2.28. The van der Waals surface area contributed by atoms with E-state index in [-0.39, 0.29) is 17.9 Å². The van der Waals surface area contributed by atoms with Gasteiger partial charge in [0.05, 0.1) is 11.4 Å². The van der Waals surface area contributed by atoms with E-state index in [0.29, 0.717) is 11.4 Å². The maximum absolute atomic E-state index is 13.7. The summed E-state index contributed by atoms with van der Waals surface area (Å²) in [5.74, 6) is 0.918. The van der Waals surface area contributed by atoms with Crippen LogP contribution in [0.25, 0.3) is 22.4 Å². The van der Waals surface area contributed by atoms with E-state index in [1.54, 1.807) is 12.1 Å². The van der Waals surface area contributed by atoms with Crippen LogP contribution < -0.4 is 5.32 Å². The number of hydrogen-bond donors (Lipinski definition) is 2. The van der Waals surface area contributed by atoms with Gasteiger partial charge < -0.3 is 10.3 Å². The number of nitrogens with one attached hydrogen (secondary N) is 2. The largest absolute Gasteiger partial charge is 0.367 e. The van der Waals surface area contributed by atoms with Crippen molar-refractivity contribution in [1.29, 1.82) is 0 Å². The summed E-state index contributed by atoms with van der Waals surface area (Å²) in [4.78, 5) is 23.4. The van der Waals surface area contributed by atoms with Gasteiger partial charge in [0.2, 0.25) is 0 Å². The molecule has 0 bridgehead atoms. The van der Waals surface area contributed by atoms with Crippen molar-refractivity contribution >= 4 is 16.9 Å². The van der Waals surface area contributed by atoms with E-state index in [2.05, 4.69) is 20.5 Å². The first-order chi connectivity index (χ1) is 13.0. The lowest BCUT2D eigenvalue weighted by molar-refractivity contribution is 0.410. The molecular weight excluding hydrogens is 345 g/mol. The highest BCUT2D eigenvalue weighted by Gasteiger charge is 2.24. The fraction of sp³-hybridized carbons (Fsp3) is 0.400. The SMILES string of the molecule is Cc1[nH]c2nc(-c3cccc(F)c3)nc(NC3CCC(N=O)CC3)c2c1C. The van der Waals surface area contributed by atoms with Crippen molar-refractivity contribution in [3.05, 3.63) is 46.2 Å². The second-order valence-electron chi connectivity index (χ2n) is 7.26. The minimum atomic E-state index is -0.316. The lowest BCUT2D eigenvalue weighted by atomic mass is 9.91. The number of aromatic amines is 1. The lowest BCUT2D eigenvalue weighted by Gasteiger charge is -2.26. The van der Waals surface area contributed by atoms with E-state index in [1.807, 2.05) is 13.8 Å². The van der Waals surface area contributed by atoms with Crippen LogP contribution in [0.15, 0.2) is 29.4 Å². The van der Waals surface area contributed by atoms with Gasteiger partial charge in [-0.05, 0) is 57.2 Å². The van der Waals surface area contributed by atoms with Crippen molar-refractivity contribution < 1.29 is 4.39 Å². The average molecular weight is 367 g/mol. The molecule has 1 saturated carbocycles. The predicted molar refractivity (Wildman–Crippen MR) is 104 cm³/mol. The molecule has 3 aromatic rings.